The van der Waals surface area contributed by atoms with Crippen LogP contribution < -0.4 is 5.32 Å². The SMILES string of the molecule is CC(C)c1noc(C(NC(=O)C2CCCS2)C2CCOCC2)n1. The highest BCUT2D eigenvalue weighted by Gasteiger charge is 2.34. The second-order valence-corrected chi connectivity index (χ2v) is 7.89. The molecule has 23 heavy (non-hydrogen) atoms. The van der Waals surface area contributed by atoms with Gasteiger partial charge in [-0.25, -0.2) is 0 Å². The summed E-state index contributed by atoms with van der Waals surface area (Å²) in [5, 5.41) is 7.31. The number of thioether (sulfide) groups is 1. The molecule has 0 spiro atoms. The molecule has 0 aromatic carbocycles. The Kier molecular flexibility index (Phi) is 5.58. The number of ether oxygens (including phenoxy) is 1. The first kappa shape index (κ1) is 16.8. The number of nitrogens with one attached hydrogen (secondary N) is 1. The molecule has 0 saturated carbocycles. The standard InChI is InChI=1S/C16H25N3O3S/c1-10(2)14-18-16(22-19-14)13(11-5-7-21-8-6-11)17-15(20)12-4-3-9-23-12/h10-13H,3-9H2,1-2H3,(H,17,20). The van der Waals surface area contributed by atoms with E-state index in [2.05, 4.69) is 15.5 Å². The van der Waals surface area contributed by atoms with Crippen LogP contribution in [0.15, 0.2) is 4.52 Å². The van der Waals surface area contributed by atoms with E-state index >= 15 is 0 Å². The van der Waals surface area contributed by atoms with E-state index in [-0.39, 0.29) is 23.1 Å². The molecule has 128 valence electrons. The van der Waals surface area contributed by atoms with E-state index in [9.17, 15) is 4.79 Å². The molecule has 2 fully saturated rings. The third kappa shape index (κ3) is 4.07. The molecule has 6 nitrogen and oxygen atoms in total. The molecule has 3 heterocycles. The molecule has 2 aliphatic heterocycles. The molecule has 1 aromatic rings. The zero-order valence-electron chi connectivity index (χ0n) is 13.8. The first-order valence-corrected chi connectivity index (χ1v) is 9.53. The lowest BCUT2D eigenvalue weighted by atomic mass is 9.91. The van der Waals surface area contributed by atoms with E-state index < -0.39 is 0 Å². The second kappa shape index (κ2) is 7.66. The first-order valence-electron chi connectivity index (χ1n) is 8.48. The van der Waals surface area contributed by atoms with E-state index in [4.69, 9.17) is 9.26 Å². The van der Waals surface area contributed by atoms with Gasteiger partial charge in [0, 0.05) is 19.1 Å². The lowest BCUT2D eigenvalue weighted by Crippen LogP contribution is -2.39. The summed E-state index contributed by atoms with van der Waals surface area (Å²) >= 11 is 1.74. The highest BCUT2D eigenvalue weighted by molar-refractivity contribution is 8.00. The largest absolute Gasteiger partial charge is 0.381 e. The Hall–Kier alpha value is -1.08. The van der Waals surface area contributed by atoms with E-state index in [1.807, 2.05) is 13.8 Å². The Bertz CT molecular complexity index is 522. The van der Waals surface area contributed by atoms with E-state index in [0.717, 1.165) is 44.6 Å². The molecule has 3 rings (SSSR count). The summed E-state index contributed by atoms with van der Waals surface area (Å²) in [6, 6.07) is -0.201. The van der Waals surface area contributed by atoms with Crippen LogP contribution in [0.4, 0.5) is 0 Å². The zero-order chi connectivity index (χ0) is 16.2. The summed E-state index contributed by atoms with van der Waals surface area (Å²) in [7, 11) is 0. The Morgan fingerprint density at radius 2 is 2.09 bits per heavy atom. The topological polar surface area (TPSA) is 77.2 Å². The Balaban J connectivity index is 1.75. The summed E-state index contributed by atoms with van der Waals surface area (Å²) in [5.41, 5.74) is 0. The Morgan fingerprint density at radius 1 is 1.30 bits per heavy atom. The molecule has 2 unspecified atom stereocenters. The van der Waals surface area contributed by atoms with Gasteiger partial charge in [-0.3, -0.25) is 4.79 Å². The molecule has 2 saturated heterocycles. The predicted octanol–water partition coefficient (Wildman–Crippen LogP) is 2.67. The molecule has 7 heteroatoms. The Labute approximate surface area is 141 Å². The molecule has 0 radical (unpaired) electrons. The molecular formula is C16H25N3O3S. The molecule has 0 bridgehead atoms. The maximum Gasteiger partial charge on any atom is 0.249 e. The number of hydrogen-bond acceptors (Lipinski definition) is 6. The van der Waals surface area contributed by atoms with Crippen molar-refractivity contribution in [2.45, 2.75) is 56.7 Å². The van der Waals surface area contributed by atoms with Crippen LogP contribution in [0.5, 0.6) is 0 Å². The van der Waals surface area contributed by atoms with Crippen LogP contribution in [0.25, 0.3) is 0 Å². The van der Waals surface area contributed by atoms with Crippen molar-refractivity contribution in [2.24, 2.45) is 5.92 Å². The van der Waals surface area contributed by atoms with Crippen LogP contribution >= 0.6 is 11.8 Å². The van der Waals surface area contributed by atoms with Crippen LogP contribution in [0, 0.1) is 5.92 Å². The van der Waals surface area contributed by atoms with E-state index in [0.29, 0.717) is 17.6 Å². The van der Waals surface area contributed by atoms with Crippen molar-refractivity contribution in [1.82, 2.24) is 15.5 Å². The maximum absolute atomic E-state index is 12.6. The quantitative estimate of drug-likeness (QED) is 0.889. The number of nitrogens with zero attached hydrogens (tertiary/aromatic N) is 2. The smallest absolute Gasteiger partial charge is 0.249 e. The highest BCUT2D eigenvalue weighted by Crippen LogP contribution is 2.32. The van der Waals surface area contributed by atoms with Gasteiger partial charge in [0.15, 0.2) is 5.82 Å². The average Bonchev–Trinajstić information content (AvgIpc) is 3.24. The number of hydrogen-bond donors (Lipinski definition) is 1. The van der Waals surface area contributed by atoms with Crippen LogP contribution in [-0.2, 0) is 9.53 Å². The molecular weight excluding hydrogens is 314 g/mol. The fourth-order valence-corrected chi connectivity index (χ4v) is 4.24. The van der Waals surface area contributed by atoms with Crippen molar-refractivity contribution in [3.05, 3.63) is 11.7 Å². The van der Waals surface area contributed by atoms with E-state index in [1.54, 1.807) is 11.8 Å². The highest BCUT2D eigenvalue weighted by atomic mass is 32.2. The van der Waals surface area contributed by atoms with Crippen molar-refractivity contribution in [2.75, 3.05) is 19.0 Å². The normalized spacial score (nSPS) is 24.0. The van der Waals surface area contributed by atoms with Gasteiger partial charge in [-0.15, -0.1) is 11.8 Å². The van der Waals surface area contributed by atoms with Gasteiger partial charge in [-0.1, -0.05) is 19.0 Å². The van der Waals surface area contributed by atoms with Crippen LogP contribution in [0.2, 0.25) is 0 Å². The summed E-state index contributed by atoms with van der Waals surface area (Å²) in [6.45, 7) is 5.51. The fraction of sp³-hybridized carbons (Fsp3) is 0.812. The van der Waals surface area contributed by atoms with Crippen molar-refractivity contribution >= 4 is 17.7 Å². The monoisotopic (exact) mass is 339 g/mol. The maximum atomic E-state index is 12.6. The van der Waals surface area contributed by atoms with Crippen molar-refractivity contribution in [1.29, 1.82) is 0 Å². The number of amides is 1. The van der Waals surface area contributed by atoms with Gasteiger partial charge in [0.1, 0.15) is 6.04 Å². The first-order chi connectivity index (χ1) is 11.1. The zero-order valence-corrected chi connectivity index (χ0v) is 14.6. The minimum atomic E-state index is -0.201. The van der Waals surface area contributed by atoms with E-state index in [1.165, 1.54) is 0 Å². The number of carbonyl (C=O) groups excluding carboxylic acids is 1. The predicted molar refractivity (Wildman–Crippen MR) is 88.3 cm³/mol. The van der Waals surface area contributed by atoms with Gasteiger partial charge in [0.05, 0.1) is 5.25 Å². The molecule has 0 aliphatic carbocycles. The van der Waals surface area contributed by atoms with Crippen LogP contribution in [-0.4, -0.2) is 40.3 Å². The minimum absolute atomic E-state index is 0.0600. The molecule has 1 aromatic heterocycles. The fourth-order valence-electron chi connectivity index (χ4n) is 3.07. The molecule has 1 amide bonds. The minimum Gasteiger partial charge on any atom is -0.381 e. The van der Waals surface area contributed by atoms with Crippen molar-refractivity contribution < 1.29 is 14.1 Å². The Morgan fingerprint density at radius 3 is 2.70 bits per heavy atom. The van der Waals surface area contributed by atoms with Crippen LogP contribution in [0.3, 0.4) is 0 Å². The van der Waals surface area contributed by atoms with Gasteiger partial charge in [0.2, 0.25) is 11.8 Å². The summed E-state index contributed by atoms with van der Waals surface area (Å²) in [6.07, 6.45) is 3.88. The number of carbonyl (C=O) groups is 1. The third-order valence-corrected chi connectivity index (χ3v) is 5.87. The molecule has 1 N–H and O–H groups in total. The van der Waals surface area contributed by atoms with Gasteiger partial charge < -0.3 is 14.6 Å². The van der Waals surface area contributed by atoms with Gasteiger partial charge in [0.25, 0.3) is 0 Å². The lowest BCUT2D eigenvalue weighted by molar-refractivity contribution is -0.122. The number of rotatable bonds is 5. The van der Waals surface area contributed by atoms with Crippen molar-refractivity contribution in [3.63, 3.8) is 0 Å². The van der Waals surface area contributed by atoms with Gasteiger partial charge in [-0.05, 0) is 37.4 Å². The van der Waals surface area contributed by atoms with Crippen molar-refractivity contribution in [3.8, 4) is 0 Å². The third-order valence-electron chi connectivity index (χ3n) is 4.50. The van der Waals surface area contributed by atoms with Crippen LogP contribution in [0.1, 0.15) is 63.2 Å². The van der Waals surface area contributed by atoms with Gasteiger partial charge in [-0.2, -0.15) is 4.98 Å². The molecule has 2 atom stereocenters. The molecule has 2 aliphatic rings. The number of aromatic nitrogens is 2. The second-order valence-electron chi connectivity index (χ2n) is 6.58. The summed E-state index contributed by atoms with van der Waals surface area (Å²) < 4.78 is 10.9. The average molecular weight is 339 g/mol. The summed E-state index contributed by atoms with van der Waals surface area (Å²) in [4.78, 5) is 17.1. The lowest BCUT2D eigenvalue weighted by Gasteiger charge is -2.29. The van der Waals surface area contributed by atoms with Gasteiger partial charge >= 0.3 is 0 Å². The summed E-state index contributed by atoms with van der Waals surface area (Å²) in [5.74, 6) is 2.91.